The molecule has 0 radical (unpaired) electrons. The number of rotatable bonds is 11. The zero-order chi connectivity index (χ0) is 31.2. The van der Waals surface area contributed by atoms with E-state index >= 15 is 0 Å². The number of hydrogen-bond donors (Lipinski definition) is 0. The number of imidazole rings is 1. The summed E-state index contributed by atoms with van der Waals surface area (Å²) in [5.74, 6) is 1.87. The van der Waals surface area contributed by atoms with Gasteiger partial charge in [-0.15, -0.1) is 0 Å². The van der Waals surface area contributed by atoms with Crippen molar-refractivity contribution in [1.29, 1.82) is 0 Å². The number of methoxy groups -OCH3 is 1. The van der Waals surface area contributed by atoms with Crippen LogP contribution in [-0.4, -0.2) is 91.4 Å². The van der Waals surface area contributed by atoms with Gasteiger partial charge in [-0.25, -0.2) is 4.98 Å². The van der Waals surface area contributed by atoms with Crippen LogP contribution >= 0.6 is 0 Å². The molecule has 4 aromatic rings. The van der Waals surface area contributed by atoms with E-state index in [4.69, 9.17) is 14.5 Å². The normalized spacial score (nSPS) is 19.3. The lowest BCUT2D eigenvalue weighted by molar-refractivity contribution is 0.0779. The van der Waals surface area contributed by atoms with Gasteiger partial charge in [-0.1, -0.05) is 48.5 Å². The molecule has 8 nitrogen and oxygen atoms in total. The van der Waals surface area contributed by atoms with E-state index in [-0.39, 0.29) is 11.3 Å². The van der Waals surface area contributed by atoms with Crippen LogP contribution in [0, 0.1) is 6.92 Å². The molecule has 1 atom stereocenters. The molecule has 3 aromatic carbocycles. The first-order valence-electron chi connectivity index (χ1n) is 16.5. The number of hydrogen-bond acceptors (Lipinski definition) is 6. The summed E-state index contributed by atoms with van der Waals surface area (Å²) in [6.07, 6.45) is 3.08. The predicted molar refractivity (Wildman–Crippen MR) is 180 cm³/mol. The summed E-state index contributed by atoms with van der Waals surface area (Å²) in [6.45, 7) is 12.7. The van der Waals surface area contributed by atoms with Crippen molar-refractivity contribution in [3.63, 3.8) is 0 Å². The lowest BCUT2D eigenvalue weighted by Crippen LogP contribution is -2.39. The highest BCUT2D eigenvalue weighted by Gasteiger charge is 2.42. The molecule has 0 N–H and O–H groups in total. The number of carbonyl (C=O) groups is 1. The van der Waals surface area contributed by atoms with Crippen molar-refractivity contribution in [2.24, 2.45) is 0 Å². The maximum absolute atomic E-state index is 13.8. The van der Waals surface area contributed by atoms with Crippen LogP contribution in [0.3, 0.4) is 0 Å². The standard InChI is InChI=1S/C37H47N5O3/c1-4-45-26-25-42-34-14-9-8-13-33(34)38-36(42)40-20-10-19-39(23-24-40)21-17-37(30-11-6-5-7-12-30)18-22-41(28-37)35(43)32-27-31(44-3)16-15-29(32)2/h5-9,11-16,27H,4,10,17-26,28H2,1-3H3. The van der Waals surface area contributed by atoms with Crippen molar-refractivity contribution < 1.29 is 14.3 Å². The number of ether oxygens (including phenoxy) is 2. The monoisotopic (exact) mass is 609 g/mol. The lowest BCUT2D eigenvalue weighted by Gasteiger charge is -2.33. The summed E-state index contributed by atoms with van der Waals surface area (Å²) >= 11 is 0. The van der Waals surface area contributed by atoms with Gasteiger partial charge in [0.1, 0.15) is 5.75 Å². The van der Waals surface area contributed by atoms with E-state index < -0.39 is 0 Å². The van der Waals surface area contributed by atoms with E-state index in [0.29, 0.717) is 6.61 Å². The smallest absolute Gasteiger partial charge is 0.254 e. The predicted octanol–water partition coefficient (Wildman–Crippen LogP) is 5.78. The molecule has 0 bridgehead atoms. The number of para-hydroxylation sites is 2. The molecule has 45 heavy (non-hydrogen) atoms. The molecule has 2 saturated heterocycles. The van der Waals surface area contributed by atoms with Gasteiger partial charge in [-0.3, -0.25) is 4.79 Å². The Balaban J connectivity index is 1.15. The number of likely N-dealkylation sites (tertiary alicyclic amines) is 1. The van der Waals surface area contributed by atoms with E-state index in [9.17, 15) is 4.79 Å². The Hall–Kier alpha value is -3.88. The zero-order valence-electron chi connectivity index (χ0n) is 27.1. The van der Waals surface area contributed by atoms with Crippen molar-refractivity contribution in [3.8, 4) is 5.75 Å². The van der Waals surface area contributed by atoms with Crippen LogP contribution in [0.1, 0.15) is 47.7 Å². The molecule has 3 heterocycles. The molecular formula is C37H47N5O3. The summed E-state index contributed by atoms with van der Waals surface area (Å²) in [5.41, 5.74) is 5.20. The highest BCUT2D eigenvalue weighted by atomic mass is 16.5. The number of nitrogens with zero attached hydrogens (tertiary/aromatic N) is 5. The van der Waals surface area contributed by atoms with Crippen molar-refractivity contribution in [1.82, 2.24) is 19.4 Å². The van der Waals surface area contributed by atoms with Crippen LogP contribution in [0.4, 0.5) is 5.95 Å². The summed E-state index contributed by atoms with van der Waals surface area (Å²) in [4.78, 5) is 26.0. The first-order valence-corrected chi connectivity index (χ1v) is 16.5. The molecule has 6 rings (SSSR count). The molecule has 238 valence electrons. The van der Waals surface area contributed by atoms with Crippen LogP contribution in [-0.2, 0) is 16.7 Å². The minimum absolute atomic E-state index is 0.0665. The average molecular weight is 610 g/mol. The lowest BCUT2D eigenvalue weighted by atomic mass is 9.76. The number of benzene rings is 3. The zero-order valence-corrected chi connectivity index (χ0v) is 27.1. The van der Waals surface area contributed by atoms with E-state index in [2.05, 4.69) is 73.9 Å². The molecule has 2 aliphatic rings. The second-order valence-corrected chi connectivity index (χ2v) is 12.5. The SMILES string of the molecule is CCOCCn1c(N2CCCN(CCC3(c4ccccc4)CCN(C(=O)c4cc(OC)ccc4C)C3)CC2)nc2ccccc21. The third-order valence-corrected chi connectivity index (χ3v) is 9.78. The van der Waals surface area contributed by atoms with Gasteiger partial charge >= 0.3 is 0 Å². The van der Waals surface area contributed by atoms with Gasteiger partial charge in [0.05, 0.1) is 24.8 Å². The Bertz CT molecular complexity index is 1590. The Kier molecular flexibility index (Phi) is 9.71. The van der Waals surface area contributed by atoms with E-state index in [1.807, 2.05) is 32.0 Å². The highest BCUT2D eigenvalue weighted by molar-refractivity contribution is 5.96. The number of aromatic nitrogens is 2. The molecule has 0 aliphatic carbocycles. The molecule has 2 fully saturated rings. The van der Waals surface area contributed by atoms with Crippen LogP contribution < -0.4 is 9.64 Å². The number of fused-ring (bicyclic) bond motifs is 1. The van der Waals surface area contributed by atoms with Crippen LogP contribution in [0.2, 0.25) is 0 Å². The van der Waals surface area contributed by atoms with Gasteiger partial charge in [-0.2, -0.15) is 0 Å². The summed E-state index contributed by atoms with van der Waals surface area (Å²) in [7, 11) is 1.65. The van der Waals surface area contributed by atoms with Gasteiger partial charge in [-0.05, 0) is 81.6 Å². The maximum Gasteiger partial charge on any atom is 0.254 e. The fraction of sp³-hybridized carbons (Fsp3) is 0.459. The summed E-state index contributed by atoms with van der Waals surface area (Å²) in [6, 6.07) is 25.1. The van der Waals surface area contributed by atoms with E-state index in [1.54, 1.807) is 7.11 Å². The van der Waals surface area contributed by atoms with Crippen LogP contribution in [0.25, 0.3) is 11.0 Å². The fourth-order valence-electron chi connectivity index (χ4n) is 7.14. The molecule has 0 saturated carbocycles. The Morgan fingerprint density at radius 2 is 1.76 bits per heavy atom. The number of anilines is 1. The van der Waals surface area contributed by atoms with Gasteiger partial charge in [0, 0.05) is 56.9 Å². The van der Waals surface area contributed by atoms with Crippen molar-refractivity contribution in [2.45, 2.75) is 45.1 Å². The van der Waals surface area contributed by atoms with Crippen molar-refractivity contribution in [3.05, 3.63) is 89.5 Å². The number of carbonyl (C=O) groups excluding carboxylic acids is 1. The maximum atomic E-state index is 13.8. The van der Waals surface area contributed by atoms with Crippen molar-refractivity contribution >= 4 is 22.9 Å². The molecule has 1 amide bonds. The fourth-order valence-corrected chi connectivity index (χ4v) is 7.14. The first-order chi connectivity index (χ1) is 22.0. The summed E-state index contributed by atoms with van der Waals surface area (Å²) in [5, 5.41) is 0. The Morgan fingerprint density at radius 1 is 0.933 bits per heavy atom. The van der Waals surface area contributed by atoms with Gasteiger partial charge in [0.2, 0.25) is 5.95 Å². The van der Waals surface area contributed by atoms with Gasteiger partial charge < -0.3 is 28.7 Å². The topological polar surface area (TPSA) is 63.1 Å². The number of amides is 1. The van der Waals surface area contributed by atoms with E-state index in [1.165, 1.54) is 11.1 Å². The molecule has 2 aliphatic heterocycles. The Morgan fingerprint density at radius 3 is 2.58 bits per heavy atom. The highest BCUT2D eigenvalue weighted by Crippen LogP contribution is 2.39. The molecule has 1 unspecified atom stereocenters. The van der Waals surface area contributed by atoms with Crippen LogP contribution in [0.15, 0.2) is 72.8 Å². The molecular weight excluding hydrogens is 562 g/mol. The second kappa shape index (κ2) is 14.0. The average Bonchev–Trinajstić information content (AvgIpc) is 3.59. The van der Waals surface area contributed by atoms with Crippen LogP contribution in [0.5, 0.6) is 5.75 Å². The Labute approximate surface area is 267 Å². The third-order valence-electron chi connectivity index (χ3n) is 9.78. The third kappa shape index (κ3) is 6.72. The van der Waals surface area contributed by atoms with E-state index in [0.717, 1.165) is 107 Å². The van der Waals surface area contributed by atoms with Crippen molar-refractivity contribution in [2.75, 3.05) is 71.0 Å². The molecule has 1 aromatic heterocycles. The number of aryl methyl sites for hydroxylation is 1. The first kappa shape index (κ1) is 31.1. The van der Waals surface area contributed by atoms with Gasteiger partial charge in [0.25, 0.3) is 5.91 Å². The largest absolute Gasteiger partial charge is 0.497 e. The molecule has 0 spiro atoms. The molecule has 8 heteroatoms. The van der Waals surface area contributed by atoms with Gasteiger partial charge in [0.15, 0.2) is 0 Å². The summed E-state index contributed by atoms with van der Waals surface area (Å²) < 4.78 is 13.5. The minimum Gasteiger partial charge on any atom is -0.497 e. The minimum atomic E-state index is -0.0665. The second-order valence-electron chi connectivity index (χ2n) is 12.5. The quantitative estimate of drug-likeness (QED) is 0.201.